The highest BCUT2D eigenvalue weighted by Gasteiger charge is 2.26. The number of nitrogens with one attached hydrogen (secondary N) is 2. The molecule has 2 atom stereocenters. The van der Waals surface area contributed by atoms with Crippen LogP contribution in [0.2, 0.25) is 0 Å². The molecule has 2 amide bonds. The fourth-order valence-corrected chi connectivity index (χ4v) is 2.26. The predicted octanol–water partition coefficient (Wildman–Crippen LogP) is -0.0861. The minimum absolute atomic E-state index is 0.0926. The van der Waals surface area contributed by atoms with Crippen molar-refractivity contribution in [1.82, 2.24) is 10.6 Å². The Bertz CT molecular complexity index is 589. The number of aliphatic carboxylic acids is 1. The summed E-state index contributed by atoms with van der Waals surface area (Å²) in [6, 6.07) is 4.95. The lowest BCUT2D eigenvalue weighted by Crippen LogP contribution is -2.56. The standard InChI is InChI=1S/C16H22N2O4S/c1-9(2)13(15(20)17-12(8-23)16(21)22)18-14(19)11-7-5-4-6-10(11)3/h4-7,9,12-13,23H,8H2,1-3H3,(H,17,20)(H,18,19)(H,21,22)/p-1/t12-,13-/m0/s1. The Labute approximate surface area is 141 Å². The maximum atomic E-state index is 12.3. The van der Waals surface area contributed by atoms with Gasteiger partial charge in [0.15, 0.2) is 0 Å². The summed E-state index contributed by atoms with van der Waals surface area (Å²) < 4.78 is 0. The van der Waals surface area contributed by atoms with Gasteiger partial charge < -0.3 is 20.5 Å². The molecule has 0 saturated carbocycles. The summed E-state index contributed by atoms with van der Waals surface area (Å²) in [4.78, 5) is 35.5. The van der Waals surface area contributed by atoms with Crippen molar-refractivity contribution in [3.63, 3.8) is 0 Å². The van der Waals surface area contributed by atoms with Crippen LogP contribution in [0.3, 0.4) is 0 Å². The smallest absolute Gasteiger partial charge is 0.252 e. The molecule has 1 aromatic carbocycles. The van der Waals surface area contributed by atoms with Crippen LogP contribution < -0.4 is 15.7 Å². The van der Waals surface area contributed by atoms with Crippen molar-refractivity contribution < 1.29 is 19.5 Å². The number of amides is 2. The first kappa shape index (κ1) is 19.0. The summed E-state index contributed by atoms with van der Waals surface area (Å²) in [5.41, 5.74) is 1.26. The Kier molecular flexibility index (Phi) is 7.09. The number of carbonyl (C=O) groups excluding carboxylic acids is 3. The molecule has 0 radical (unpaired) electrons. The summed E-state index contributed by atoms with van der Waals surface area (Å²) in [6.45, 7) is 5.32. The minimum Gasteiger partial charge on any atom is -0.548 e. The lowest BCUT2D eigenvalue weighted by atomic mass is 10.0. The molecule has 0 aromatic heterocycles. The third kappa shape index (κ3) is 5.28. The summed E-state index contributed by atoms with van der Waals surface area (Å²) in [5.74, 6) is -2.69. The number of carboxylic acids is 1. The number of rotatable bonds is 7. The largest absolute Gasteiger partial charge is 0.548 e. The quantitative estimate of drug-likeness (QED) is 0.606. The Morgan fingerprint density at radius 1 is 1.17 bits per heavy atom. The summed E-state index contributed by atoms with van der Waals surface area (Å²) in [6.07, 6.45) is 0. The van der Waals surface area contributed by atoms with E-state index < -0.39 is 24.0 Å². The lowest BCUT2D eigenvalue weighted by Gasteiger charge is -2.25. The molecular weight excluding hydrogens is 316 g/mol. The van der Waals surface area contributed by atoms with Gasteiger partial charge in [0.1, 0.15) is 6.04 Å². The zero-order valence-electron chi connectivity index (χ0n) is 13.3. The summed E-state index contributed by atoms with van der Waals surface area (Å²) >= 11 is 3.87. The van der Waals surface area contributed by atoms with E-state index >= 15 is 0 Å². The monoisotopic (exact) mass is 337 g/mol. The number of carbonyl (C=O) groups is 3. The van der Waals surface area contributed by atoms with Gasteiger partial charge in [-0.05, 0) is 24.5 Å². The van der Waals surface area contributed by atoms with Crippen molar-refractivity contribution in [2.45, 2.75) is 32.9 Å². The highest BCUT2D eigenvalue weighted by atomic mass is 32.1. The molecule has 2 N–H and O–H groups in total. The van der Waals surface area contributed by atoms with E-state index in [1.54, 1.807) is 39.0 Å². The fraction of sp³-hybridized carbons (Fsp3) is 0.438. The third-order valence-corrected chi connectivity index (χ3v) is 3.77. The molecule has 7 heteroatoms. The van der Waals surface area contributed by atoms with Crippen LogP contribution in [0.4, 0.5) is 0 Å². The van der Waals surface area contributed by atoms with Crippen LogP contribution in [0, 0.1) is 12.8 Å². The van der Waals surface area contributed by atoms with Crippen molar-refractivity contribution in [2.75, 3.05) is 5.75 Å². The molecule has 0 fully saturated rings. The van der Waals surface area contributed by atoms with Crippen LogP contribution in [0.5, 0.6) is 0 Å². The summed E-state index contributed by atoms with van der Waals surface area (Å²) in [7, 11) is 0. The zero-order valence-corrected chi connectivity index (χ0v) is 14.2. The van der Waals surface area contributed by atoms with Gasteiger partial charge in [-0.15, -0.1) is 0 Å². The van der Waals surface area contributed by atoms with Gasteiger partial charge in [0, 0.05) is 11.3 Å². The van der Waals surface area contributed by atoms with Gasteiger partial charge in [-0.1, -0.05) is 32.0 Å². The molecule has 0 saturated heterocycles. The molecule has 0 bridgehead atoms. The second-order valence-electron chi connectivity index (χ2n) is 5.57. The van der Waals surface area contributed by atoms with Gasteiger partial charge in [0.05, 0.1) is 12.0 Å². The molecule has 0 aliphatic rings. The van der Waals surface area contributed by atoms with E-state index in [4.69, 9.17) is 0 Å². The first-order chi connectivity index (χ1) is 10.8. The van der Waals surface area contributed by atoms with Crippen LogP contribution in [0.25, 0.3) is 0 Å². The van der Waals surface area contributed by atoms with Gasteiger partial charge >= 0.3 is 0 Å². The van der Waals surface area contributed by atoms with Gasteiger partial charge in [-0.2, -0.15) is 12.6 Å². The van der Waals surface area contributed by atoms with E-state index in [1.807, 2.05) is 6.07 Å². The molecule has 1 rings (SSSR count). The molecule has 0 unspecified atom stereocenters. The molecule has 0 heterocycles. The first-order valence-electron chi connectivity index (χ1n) is 7.26. The first-order valence-corrected chi connectivity index (χ1v) is 7.89. The van der Waals surface area contributed by atoms with E-state index in [0.29, 0.717) is 5.56 Å². The molecule has 1 aromatic rings. The molecule has 6 nitrogen and oxygen atoms in total. The van der Waals surface area contributed by atoms with Crippen LogP contribution >= 0.6 is 12.6 Å². The van der Waals surface area contributed by atoms with E-state index in [1.165, 1.54) is 0 Å². The molecule has 126 valence electrons. The molecule has 0 aliphatic carbocycles. The highest BCUT2D eigenvalue weighted by molar-refractivity contribution is 7.80. The highest BCUT2D eigenvalue weighted by Crippen LogP contribution is 2.09. The average Bonchev–Trinajstić information content (AvgIpc) is 2.49. The van der Waals surface area contributed by atoms with E-state index in [0.717, 1.165) is 5.56 Å². The van der Waals surface area contributed by atoms with Crippen molar-refractivity contribution in [1.29, 1.82) is 0 Å². The number of benzene rings is 1. The van der Waals surface area contributed by atoms with Crippen LogP contribution in [-0.2, 0) is 9.59 Å². The maximum absolute atomic E-state index is 12.3. The third-order valence-electron chi connectivity index (χ3n) is 3.41. The molecular formula is C16H21N2O4S-. The van der Waals surface area contributed by atoms with Gasteiger partial charge in [-0.3, -0.25) is 9.59 Å². The predicted molar refractivity (Wildman–Crippen MR) is 88.1 cm³/mol. The lowest BCUT2D eigenvalue weighted by molar-refractivity contribution is -0.307. The Morgan fingerprint density at radius 3 is 2.26 bits per heavy atom. The van der Waals surface area contributed by atoms with E-state index in [9.17, 15) is 19.5 Å². The SMILES string of the molecule is Cc1ccccc1C(=O)N[C@H](C(=O)N[C@@H](CS)C(=O)[O-])C(C)C. The zero-order chi connectivity index (χ0) is 17.6. The fourth-order valence-electron chi connectivity index (χ4n) is 2.02. The number of hydrogen-bond donors (Lipinski definition) is 3. The van der Waals surface area contributed by atoms with Crippen LogP contribution in [-0.4, -0.2) is 35.6 Å². The second kappa shape index (κ2) is 8.57. The molecule has 23 heavy (non-hydrogen) atoms. The number of carboxylic acid groups (broad SMARTS) is 1. The minimum atomic E-state index is -1.42. The van der Waals surface area contributed by atoms with Crippen molar-refractivity contribution in [3.05, 3.63) is 35.4 Å². The topological polar surface area (TPSA) is 98.3 Å². The maximum Gasteiger partial charge on any atom is 0.252 e. The average molecular weight is 337 g/mol. The summed E-state index contributed by atoms with van der Waals surface area (Å²) in [5, 5.41) is 15.9. The van der Waals surface area contributed by atoms with Crippen molar-refractivity contribution in [3.8, 4) is 0 Å². The second-order valence-corrected chi connectivity index (χ2v) is 5.94. The normalized spacial score (nSPS) is 13.3. The Balaban J connectivity index is 2.87. The van der Waals surface area contributed by atoms with Gasteiger partial charge in [0.2, 0.25) is 5.91 Å². The van der Waals surface area contributed by atoms with Crippen LogP contribution in [0.1, 0.15) is 29.8 Å². The number of aryl methyl sites for hydroxylation is 1. The van der Waals surface area contributed by atoms with Crippen molar-refractivity contribution in [2.24, 2.45) is 5.92 Å². The van der Waals surface area contributed by atoms with Crippen LogP contribution in [0.15, 0.2) is 24.3 Å². The Hall–Kier alpha value is -2.02. The molecule has 0 aliphatic heterocycles. The van der Waals surface area contributed by atoms with Gasteiger partial charge in [0.25, 0.3) is 5.91 Å². The molecule has 0 spiro atoms. The van der Waals surface area contributed by atoms with E-state index in [-0.39, 0.29) is 17.6 Å². The number of thiol groups is 1. The number of hydrogen-bond acceptors (Lipinski definition) is 5. The van der Waals surface area contributed by atoms with E-state index in [2.05, 4.69) is 23.3 Å². The van der Waals surface area contributed by atoms with Crippen molar-refractivity contribution >= 4 is 30.4 Å². The van der Waals surface area contributed by atoms with Gasteiger partial charge in [-0.25, -0.2) is 0 Å². The Morgan fingerprint density at radius 2 is 1.78 bits per heavy atom.